The van der Waals surface area contributed by atoms with E-state index in [0.717, 1.165) is 18.2 Å². The van der Waals surface area contributed by atoms with Crippen LogP contribution in [-0.2, 0) is 26.2 Å². The Morgan fingerprint density at radius 2 is 1.82 bits per heavy atom. The predicted molar refractivity (Wildman–Crippen MR) is 141 cm³/mol. The number of anilines is 1. The third kappa shape index (κ3) is 5.63. The molecule has 0 fully saturated rings. The second kappa shape index (κ2) is 10.8. The number of fused-ring (bicyclic) bond motifs is 1. The molecule has 1 N–H and O–H groups in total. The van der Waals surface area contributed by atoms with Gasteiger partial charge < -0.3 is 0 Å². The predicted octanol–water partition coefficient (Wildman–Crippen LogP) is 4.30. The van der Waals surface area contributed by atoms with Crippen molar-refractivity contribution in [2.24, 2.45) is 0 Å². The SMILES string of the molecule is CCC(=O)C(=O)CCn1cnc2ccc(-c3cnc(C)c(NS(=O)(=O)c4ccc(F)cc4Cl)c3)cc2c1=O. The van der Waals surface area contributed by atoms with Gasteiger partial charge in [-0.15, -0.1) is 0 Å². The van der Waals surface area contributed by atoms with E-state index >= 15 is 0 Å². The molecule has 0 saturated carbocycles. The van der Waals surface area contributed by atoms with E-state index in [1.165, 1.54) is 17.1 Å². The van der Waals surface area contributed by atoms with E-state index in [9.17, 15) is 27.2 Å². The van der Waals surface area contributed by atoms with Gasteiger partial charge in [0, 0.05) is 31.1 Å². The maximum Gasteiger partial charge on any atom is 0.263 e. The Balaban J connectivity index is 1.67. The quantitative estimate of drug-likeness (QED) is 0.304. The molecule has 4 rings (SSSR count). The molecule has 2 aromatic heterocycles. The third-order valence-electron chi connectivity index (χ3n) is 5.88. The number of carbonyl (C=O) groups is 2. The van der Waals surface area contributed by atoms with Crippen LogP contribution in [0.3, 0.4) is 0 Å². The summed E-state index contributed by atoms with van der Waals surface area (Å²) in [5.41, 5.74) is 1.67. The van der Waals surface area contributed by atoms with E-state index in [2.05, 4.69) is 14.7 Å². The van der Waals surface area contributed by atoms with Crippen LogP contribution in [0.4, 0.5) is 10.1 Å². The molecule has 0 unspecified atom stereocenters. The summed E-state index contributed by atoms with van der Waals surface area (Å²) in [6.07, 6.45) is 2.85. The maximum atomic E-state index is 13.4. The number of halogens is 2. The fourth-order valence-corrected chi connectivity index (χ4v) is 5.38. The van der Waals surface area contributed by atoms with Crippen molar-refractivity contribution in [3.63, 3.8) is 0 Å². The molecule has 0 bridgehead atoms. The van der Waals surface area contributed by atoms with Gasteiger partial charge in [-0.2, -0.15) is 0 Å². The van der Waals surface area contributed by atoms with Gasteiger partial charge in [-0.25, -0.2) is 17.8 Å². The number of aromatic nitrogens is 3. The van der Waals surface area contributed by atoms with Crippen molar-refractivity contribution in [3.05, 3.63) is 81.9 Å². The monoisotopic (exact) mass is 556 g/mol. The summed E-state index contributed by atoms with van der Waals surface area (Å²) in [4.78, 5) is 44.8. The van der Waals surface area contributed by atoms with Gasteiger partial charge in [0.1, 0.15) is 10.7 Å². The van der Waals surface area contributed by atoms with Crippen LogP contribution >= 0.6 is 11.6 Å². The Morgan fingerprint density at radius 3 is 2.53 bits per heavy atom. The van der Waals surface area contributed by atoms with Crippen LogP contribution in [0.25, 0.3) is 22.0 Å². The minimum absolute atomic E-state index is 0.0144. The van der Waals surface area contributed by atoms with E-state index in [1.54, 1.807) is 38.1 Å². The lowest BCUT2D eigenvalue weighted by Gasteiger charge is -2.13. The number of hydrogen-bond donors (Lipinski definition) is 1. The second-order valence-corrected chi connectivity index (χ2v) is 10.5. The summed E-state index contributed by atoms with van der Waals surface area (Å²) in [7, 11) is -4.15. The van der Waals surface area contributed by atoms with Crippen LogP contribution in [0.5, 0.6) is 0 Å². The van der Waals surface area contributed by atoms with Gasteiger partial charge in [-0.3, -0.25) is 28.7 Å². The maximum absolute atomic E-state index is 13.4. The lowest BCUT2D eigenvalue weighted by molar-refractivity contribution is -0.136. The van der Waals surface area contributed by atoms with Crippen molar-refractivity contribution in [1.82, 2.24) is 14.5 Å². The lowest BCUT2D eigenvalue weighted by atomic mass is 10.0. The molecule has 0 spiro atoms. The highest BCUT2D eigenvalue weighted by molar-refractivity contribution is 7.92. The molecule has 2 aromatic carbocycles. The molecule has 0 aliphatic heterocycles. The number of benzene rings is 2. The highest BCUT2D eigenvalue weighted by Crippen LogP contribution is 2.29. The van der Waals surface area contributed by atoms with Gasteiger partial charge in [0.05, 0.1) is 33.6 Å². The van der Waals surface area contributed by atoms with E-state index in [0.29, 0.717) is 22.3 Å². The Hall–Kier alpha value is -3.96. The molecule has 196 valence electrons. The van der Waals surface area contributed by atoms with Gasteiger partial charge in [0.25, 0.3) is 15.6 Å². The number of sulfonamides is 1. The van der Waals surface area contributed by atoms with Crippen molar-refractivity contribution >= 4 is 49.8 Å². The number of nitrogens with one attached hydrogen (secondary N) is 1. The number of hydrogen-bond acceptors (Lipinski definition) is 7. The normalized spacial score (nSPS) is 11.5. The van der Waals surface area contributed by atoms with E-state index in [1.807, 2.05) is 0 Å². The second-order valence-electron chi connectivity index (χ2n) is 8.46. The zero-order valence-corrected chi connectivity index (χ0v) is 21.9. The van der Waals surface area contributed by atoms with Gasteiger partial charge in [-0.05, 0) is 48.9 Å². The minimum atomic E-state index is -4.15. The molecule has 0 amide bonds. The van der Waals surface area contributed by atoms with Crippen molar-refractivity contribution in [2.45, 2.75) is 38.1 Å². The summed E-state index contributed by atoms with van der Waals surface area (Å²) in [5.74, 6) is -1.70. The largest absolute Gasteiger partial charge is 0.298 e. The van der Waals surface area contributed by atoms with Crippen LogP contribution in [-0.4, -0.2) is 34.5 Å². The number of aryl methyl sites for hydroxylation is 2. The average molecular weight is 557 g/mol. The van der Waals surface area contributed by atoms with Gasteiger partial charge in [-0.1, -0.05) is 24.6 Å². The first-order chi connectivity index (χ1) is 18.0. The van der Waals surface area contributed by atoms with Crippen LogP contribution in [0, 0.1) is 12.7 Å². The smallest absolute Gasteiger partial charge is 0.263 e. The standard InChI is InChI=1S/C26H22ClFN4O5S/c1-3-23(33)24(34)8-9-32-14-30-21-6-4-16(10-19(21)26(32)35)17-11-22(15(2)29-13-17)31-38(36,37)25-7-5-18(28)12-20(25)27/h4-7,10-14,31H,3,8-9H2,1-2H3. The molecular formula is C26H22ClFN4O5S. The van der Waals surface area contributed by atoms with Crippen molar-refractivity contribution in [1.29, 1.82) is 0 Å². The van der Waals surface area contributed by atoms with Crippen molar-refractivity contribution in [3.8, 4) is 11.1 Å². The van der Waals surface area contributed by atoms with Crippen molar-refractivity contribution < 1.29 is 22.4 Å². The number of rotatable bonds is 9. The summed E-state index contributed by atoms with van der Waals surface area (Å²) in [6, 6.07) is 9.48. The highest BCUT2D eigenvalue weighted by atomic mass is 35.5. The van der Waals surface area contributed by atoms with Crippen molar-refractivity contribution in [2.75, 3.05) is 4.72 Å². The molecule has 4 aromatic rings. The topological polar surface area (TPSA) is 128 Å². The zero-order chi connectivity index (χ0) is 27.6. The minimum Gasteiger partial charge on any atom is -0.298 e. The summed E-state index contributed by atoms with van der Waals surface area (Å²) >= 11 is 5.95. The number of Topliss-reactive ketones (excluding diaryl/α,β-unsaturated/α-hetero) is 2. The molecule has 0 aliphatic carbocycles. The molecule has 0 atom stereocenters. The molecular weight excluding hydrogens is 535 g/mol. The van der Waals surface area contributed by atoms with Gasteiger partial charge in [0.2, 0.25) is 0 Å². The van der Waals surface area contributed by atoms with Crippen LogP contribution in [0.2, 0.25) is 5.02 Å². The zero-order valence-electron chi connectivity index (χ0n) is 20.4. The van der Waals surface area contributed by atoms with E-state index in [-0.39, 0.29) is 45.9 Å². The summed E-state index contributed by atoms with van der Waals surface area (Å²) < 4.78 is 42.9. The number of ketones is 2. The van der Waals surface area contributed by atoms with Crippen LogP contribution in [0.15, 0.2) is 64.7 Å². The Bertz CT molecular complexity index is 1750. The molecule has 9 nitrogen and oxygen atoms in total. The number of nitrogens with zero attached hydrogens (tertiary/aromatic N) is 3. The van der Waals surface area contributed by atoms with E-state index < -0.39 is 27.4 Å². The lowest BCUT2D eigenvalue weighted by Crippen LogP contribution is -2.23. The summed E-state index contributed by atoms with van der Waals surface area (Å²) in [6.45, 7) is 3.22. The summed E-state index contributed by atoms with van der Waals surface area (Å²) in [5, 5.41) is 0.0124. The van der Waals surface area contributed by atoms with Gasteiger partial charge in [0.15, 0.2) is 11.6 Å². The van der Waals surface area contributed by atoms with Crippen LogP contribution < -0.4 is 10.3 Å². The molecule has 38 heavy (non-hydrogen) atoms. The molecule has 2 heterocycles. The molecule has 0 saturated heterocycles. The number of carbonyl (C=O) groups excluding carboxylic acids is 2. The Labute approximate surface area is 222 Å². The van der Waals surface area contributed by atoms with Crippen LogP contribution in [0.1, 0.15) is 25.5 Å². The first-order valence-corrected chi connectivity index (χ1v) is 13.4. The Morgan fingerprint density at radius 1 is 1.05 bits per heavy atom. The van der Waals surface area contributed by atoms with E-state index in [4.69, 9.17) is 11.6 Å². The number of pyridine rings is 1. The molecule has 0 aliphatic rings. The first-order valence-electron chi connectivity index (χ1n) is 11.5. The molecule has 0 radical (unpaired) electrons. The Kier molecular flexibility index (Phi) is 7.70. The highest BCUT2D eigenvalue weighted by Gasteiger charge is 2.20. The van der Waals surface area contributed by atoms with Gasteiger partial charge >= 0.3 is 0 Å². The fourth-order valence-electron chi connectivity index (χ4n) is 3.74. The fraction of sp³-hybridized carbons (Fsp3) is 0.192. The first kappa shape index (κ1) is 27.1. The third-order valence-corrected chi connectivity index (χ3v) is 7.73. The molecule has 12 heteroatoms. The average Bonchev–Trinajstić information content (AvgIpc) is 2.88.